The number of aliphatic carboxylic acids is 2. The van der Waals surface area contributed by atoms with Crippen LogP contribution in [0.5, 0.6) is 0 Å². The first kappa shape index (κ1) is 25.6. The molecule has 0 heterocycles. The van der Waals surface area contributed by atoms with E-state index in [1.807, 2.05) is 0 Å². The van der Waals surface area contributed by atoms with Crippen molar-refractivity contribution in [3.05, 3.63) is 0 Å². The summed E-state index contributed by atoms with van der Waals surface area (Å²) in [5.41, 5.74) is 0. The van der Waals surface area contributed by atoms with Gasteiger partial charge in [0.1, 0.15) is 5.25 Å². The third kappa shape index (κ3) is 60.8. The van der Waals surface area contributed by atoms with Gasteiger partial charge in [-0.1, -0.05) is 0 Å². The van der Waals surface area contributed by atoms with Crippen molar-refractivity contribution in [3.8, 4) is 0 Å². The molecule has 0 aliphatic heterocycles. The molecule has 5 N–H and O–H groups in total. The monoisotopic (exact) mass is 296 g/mol. The van der Waals surface area contributed by atoms with Gasteiger partial charge in [-0.25, -0.2) is 4.79 Å². The number of carboxylic acids is 2. The quantitative estimate of drug-likeness (QED) is 0.220. The van der Waals surface area contributed by atoms with Gasteiger partial charge in [0.05, 0.1) is 6.42 Å². The second-order valence-electron chi connectivity index (χ2n) is 2.00. The van der Waals surface area contributed by atoms with E-state index in [0.717, 1.165) is 0 Å². The molecule has 0 amide bonds. The first-order valence-electron chi connectivity index (χ1n) is 3.45. The smallest absolute Gasteiger partial charge is 0.565 e. The van der Waals surface area contributed by atoms with E-state index in [1.54, 1.807) is 0 Å². The van der Waals surface area contributed by atoms with Gasteiger partial charge in [-0.05, 0) is 0 Å². The third-order valence-corrected chi connectivity index (χ3v) is 1.06. The van der Waals surface area contributed by atoms with Gasteiger partial charge in [0, 0.05) is 0 Å². The molecule has 0 saturated carbocycles. The van der Waals surface area contributed by atoms with Crippen LogP contribution in [-0.4, -0.2) is 55.0 Å². The zero-order chi connectivity index (χ0) is 14.6. The van der Waals surface area contributed by atoms with E-state index in [-0.39, 0.29) is 29.6 Å². The fraction of sp³-hybridized carbons (Fsp3) is 0.333. The zero-order valence-corrected chi connectivity index (χ0v) is 11.9. The van der Waals surface area contributed by atoms with Crippen molar-refractivity contribution in [1.82, 2.24) is 0 Å². The normalized spacial score (nSPS) is 8.94. The van der Waals surface area contributed by atoms with Crippen molar-refractivity contribution >= 4 is 36.9 Å². The van der Waals surface area contributed by atoms with Crippen molar-refractivity contribution in [2.45, 2.75) is 11.7 Å². The number of hydrogen-bond acceptors (Lipinski definition) is 6. The minimum Gasteiger partial charge on any atom is -0.565 e. The molecule has 0 aliphatic rings. The fourth-order valence-electron chi connectivity index (χ4n) is 0.253. The second kappa shape index (κ2) is 15.8. The van der Waals surface area contributed by atoms with Gasteiger partial charge in [0.15, 0.2) is 0 Å². The van der Waals surface area contributed by atoms with Crippen LogP contribution in [0.1, 0.15) is 6.42 Å². The van der Waals surface area contributed by atoms with E-state index >= 15 is 0 Å². The predicted octanol–water partition coefficient (Wildman–Crippen LogP) is -4.04. The van der Waals surface area contributed by atoms with Crippen LogP contribution in [0.3, 0.4) is 0 Å². The minimum absolute atomic E-state index is 0. The summed E-state index contributed by atoms with van der Waals surface area (Å²) in [6.45, 7) is 0. The molecule has 0 aromatic rings. The molecule has 18 heavy (non-hydrogen) atoms. The van der Waals surface area contributed by atoms with Crippen LogP contribution in [0.25, 0.3) is 0 Å². The summed E-state index contributed by atoms with van der Waals surface area (Å²) in [6.07, 6.45) is -4.36. The Hall–Kier alpha value is -1.17. The van der Waals surface area contributed by atoms with Gasteiger partial charge in [-0.3, -0.25) is 9.59 Å². The summed E-state index contributed by atoms with van der Waals surface area (Å²) >= 11 is 3.48. The number of carbonyl (C=O) groups is 4. The van der Waals surface area contributed by atoms with E-state index in [4.69, 9.17) is 40.2 Å². The fourth-order valence-corrected chi connectivity index (χ4v) is 0.409. The molecule has 0 fully saturated rings. The largest absolute Gasteiger partial charge is 1.00 e. The van der Waals surface area contributed by atoms with Gasteiger partial charge >= 0.3 is 47.7 Å². The molecular formula is C6H9NaO10S. The molecule has 0 bridgehead atoms. The summed E-state index contributed by atoms with van der Waals surface area (Å²) in [4.78, 5) is 36.7. The van der Waals surface area contributed by atoms with Gasteiger partial charge < -0.3 is 35.4 Å². The molecule has 0 rings (SSSR count). The maximum Gasteiger partial charge on any atom is 1.00 e. The Kier molecular flexibility index (Phi) is 22.5. The Bertz CT molecular complexity index is 260. The Balaban J connectivity index is -0.0000000922. The average molecular weight is 296 g/mol. The second-order valence-corrected chi connectivity index (χ2v) is 2.62. The molecule has 12 heteroatoms. The van der Waals surface area contributed by atoms with Gasteiger partial charge in [0.25, 0.3) is 0 Å². The number of carboxylic acid groups (broad SMARTS) is 6. The number of rotatable bonds is 3. The molecule has 0 spiro atoms. The summed E-state index contributed by atoms with van der Waals surface area (Å²) in [5.74, 6) is -2.36. The molecule has 0 saturated heterocycles. The van der Waals surface area contributed by atoms with Crippen LogP contribution >= 0.6 is 12.6 Å². The van der Waals surface area contributed by atoms with Gasteiger partial charge in [-0.2, -0.15) is 12.6 Å². The van der Waals surface area contributed by atoms with Crippen LogP contribution in [0.4, 0.5) is 9.59 Å². The summed E-state index contributed by atoms with van der Waals surface area (Å²) in [6, 6.07) is 0. The minimum atomic E-state index is -2.08. The summed E-state index contributed by atoms with van der Waals surface area (Å²) in [5, 5.41) is 44.3. The predicted molar refractivity (Wildman–Crippen MR) is 51.3 cm³/mol. The van der Waals surface area contributed by atoms with Gasteiger partial charge in [0.2, 0.25) is 6.16 Å². The van der Waals surface area contributed by atoms with Gasteiger partial charge in [-0.15, -0.1) is 0 Å². The van der Waals surface area contributed by atoms with E-state index in [9.17, 15) is 9.59 Å². The third-order valence-electron chi connectivity index (χ3n) is 0.653. The molecule has 100 valence electrons. The maximum atomic E-state index is 9.90. The van der Waals surface area contributed by atoms with Crippen molar-refractivity contribution in [3.63, 3.8) is 0 Å². The van der Waals surface area contributed by atoms with Crippen LogP contribution in [-0.2, 0) is 9.59 Å². The first-order valence-corrected chi connectivity index (χ1v) is 3.96. The molecule has 10 nitrogen and oxygen atoms in total. The molecule has 0 aromatic carbocycles. The number of thiol groups is 1. The molecule has 0 aliphatic carbocycles. The molecule has 0 aromatic heterocycles. The van der Waals surface area contributed by atoms with Crippen LogP contribution in [0.2, 0.25) is 0 Å². The standard InChI is InChI=1S/C4H6O4S.2CH2O3.Na/c5-3(6)1-2(9)4(7)8;2*2-1(3)4;/h2,9H,1H2,(H,5,6)(H,7,8);2*(H2,2,3,4);/q;;;+1/p-1. The first-order chi connectivity index (χ1) is 7.50. The Labute approximate surface area is 128 Å². The van der Waals surface area contributed by atoms with Crippen LogP contribution in [0, 0.1) is 0 Å². The zero-order valence-electron chi connectivity index (χ0n) is 9.01. The van der Waals surface area contributed by atoms with E-state index in [0.29, 0.717) is 0 Å². The average Bonchev–Trinajstić information content (AvgIpc) is 1.99. The Morgan fingerprint density at radius 1 is 1.00 bits per heavy atom. The van der Waals surface area contributed by atoms with E-state index in [2.05, 4.69) is 12.6 Å². The van der Waals surface area contributed by atoms with E-state index < -0.39 is 35.9 Å². The van der Waals surface area contributed by atoms with Crippen molar-refractivity contribution in [1.29, 1.82) is 0 Å². The molecule has 0 radical (unpaired) electrons. The molecule has 1 unspecified atom stereocenters. The summed E-state index contributed by atoms with van der Waals surface area (Å²) in [7, 11) is 0. The Morgan fingerprint density at radius 3 is 1.28 bits per heavy atom. The topological polar surface area (TPSA) is 192 Å². The Morgan fingerprint density at radius 2 is 1.22 bits per heavy atom. The van der Waals surface area contributed by atoms with Crippen molar-refractivity contribution < 1.29 is 79.4 Å². The summed E-state index contributed by atoms with van der Waals surface area (Å²) < 4.78 is 0. The van der Waals surface area contributed by atoms with Crippen LogP contribution < -0.4 is 34.7 Å². The maximum absolute atomic E-state index is 9.90. The van der Waals surface area contributed by atoms with E-state index in [1.165, 1.54) is 0 Å². The number of hydrogen-bond donors (Lipinski definition) is 6. The van der Waals surface area contributed by atoms with Crippen LogP contribution in [0.15, 0.2) is 0 Å². The molecule has 1 atom stereocenters. The van der Waals surface area contributed by atoms with Crippen molar-refractivity contribution in [2.75, 3.05) is 0 Å². The molecular weight excluding hydrogens is 287 g/mol. The SMILES string of the molecule is O=C(O)CC(S)C(=O)O.O=C(O)O.O=C([O-])O.[Na+]. The van der Waals surface area contributed by atoms with Crippen molar-refractivity contribution in [2.24, 2.45) is 0 Å².